The van der Waals surface area contributed by atoms with Crippen molar-refractivity contribution in [3.05, 3.63) is 33.0 Å². The van der Waals surface area contributed by atoms with Crippen LogP contribution in [0.5, 0.6) is 0 Å². The third kappa shape index (κ3) is 4.67. The van der Waals surface area contributed by atoms with Gasteiger partial charge in [-0.05, 0) is 44.4 Å². The summed E-state index contributed by atoms with van der Waals surface area (Å²) in [4.78, 5) is 13.8. The molecule has 104 valence electrons. The first kappa shape index (κ1) is 15.7. The van der Waals surface area contributed by atoms with Gasteiger partial charge in [0, 0.05) is 11.4 Å². The predicted octanol–water partition coefficient (Wildman–Crippen LogP) is 4.73. The largest absolute Gasteiger partial charge is 0.352 e. The zero-order valence-corrected chi connectivity index (χ0v) is 13.1. The van der Waals surface area contributed by atoms with E-state index in [1.54, 1.807) is 11.3 Å². The normalized spacial score (nSPS) is 12.1. The summed E-state index contributed by atoms with van der Waals surface area (Å²) in [6.07, 6.45) is 8.45. The first-order valence-corrected chi connectivity index (χ1v) is 7.69. The van der Waals surface area contributed by atoms with E-state index >= 15 is 0 Å². The Kier molecular flexibility index (Phi) is 6.57. The monoisotopic (exact) mass is 277 g/mol. The van der Waals surface area contributed by atoms with Crippen LogP contribution in [0, 0.1) is 0 Å². The van der Waals surface area contributed by atoms with E-state index in [-0.39, 0.29) is 5.91 Å². The third-order valence-corrected chi connectivity index (χ3v) is 3.93. The molecule has 19 heavy (non-hydrogen) atoms. The fourth-order valence-electron chi connectivity index (χ4n) is 1.61. The number of thiophene rings is 1. The van der Waals surface area contributed by atoms with Gasteiger partial charge in [0.25, 0.3) is 5.91 Å². The van der Waals surface area contributed by atoms with E-state index in [2.05, 4.69) is 44.3 Å². The Hall–Kier alpha value is -1.35. The van der Waals surface area contributed by atoms with Gasteiger partial charge < -0.3 is 5.32 Å². The number of nitrogens with one attached hydrogen (secondary N) is 1. The smallest absolute Gasteiger partial charge is 0.261 e. The first-order valence-electron chi connectivity index (χ1n) is 6.88. The molecule has 3 heteroatoms. The molecular weight excluding hydrogens is 254 g/mol. The van der Waals surface area contributed by atoms with E-state index in [0.717, 1.165) is 28.2 Å². The molecule has 0 saturated heterocycles. The second-order valence-electron chi connectivity index (χ2n) is 4.44. The average Bonchev–Trinajstić information content (AvgIpc) is 2.79. The molecule has 0 aliphatic rings. The zero-order valence-electron chi connectivity index (χ0n) is 12.2. The second-order valence-corrected chi connectivity index (χ2v) is 5.53. The van der Waals surface area contributed by atoms with Gasteiger partial charge in [-0.25, -0.2) is 0 Å². The molecule has 0 aliphatic heterocycles. The standard InChI is InChI=1S/C16H23NOS/c1-5-8-9-14-13(10-12(4)6-2)11-15(19-14)16(18)17-7-3/h8-11H,5-7H2,1-4H3,(H,17,18)/b9-8+,12-10+. The Labute approximate surface area is 120 Å². The van der Waals surface area contributed by atoms with Crippen molar-refractivity contribution >= 4 is 29.4 Å². The molecule has 1 rings (SSSR count). The van der Waals surface area contributed by atoms with Crippen molar-refractivity contribution < 1.29 is 4.79 Å². The van der Waals surface area contributed by atoms with Crippen LogP contribution in [-0.4, -0.2) is 12.5 Å². The SMILES string of the molecule is CC/C=C/c1sc(C(=O)NCC)cc1/C=C(\C)CC. The Bertz CT molecular complexity index is 483. The lowest BCUT2D eigenvalue weighted by molar-refractivity contribution is 0.0960. The predicted molar refractivity (Wildman–Crippen MR) is 85.6 cm³/mol. The summed E-state index contributed by atoms with van der Waals surface area (Å²) in [5, 5.41) is 2.85. The minimum Gasteiger partial charge on any atom is -0.352 e. The lowest BCUT2D eigenvalue weighted by Crippen LogP contribution is -2.21. The van der Waals surface area contributed by atoms with Crippen molar-refractivity contribution in [1.82, 2.24) is 5.32 Å². The summed E-state index contributed by atoms with van der Waals surface area (Å²) >= 11 is 1.56. The molecule has 0 saturated carbocycles. The Morgan fingerprint density at radius 2 is 2.11 bits per heavy atom. The molecule has 1 heterocycles. The maximum Gasteiger partial charge on any atom is 0.261 e. The van der Waals surface area contributed by atoms with Crippen LogP contribution in [0.3, 0.4) is 0 Å². The topological polar surface area (TPSA) is 29.1 Å². The molecule has 1 N–H and O–H groups in total. The lowest BCUT2D eigenvalue weighted by atomic mass is 10.1. The van der Waals surface area contributed by atoms with Crippen molar-refractivity contribution in [2.24, 2.45) is 0 Å². The van der Waals surface area contributed by atoms with Gasteiger partial charge in [0.1, 0.15) is 0 Å². The van der Waals surface area contributed by atoms with Gasteiger partial charge in [-0.15, -0.1) is 11.3 Å². The molecule has 1 aromatic rings. The number of carbonyl (C=O) groups is 1. The van der Waals surface area contributed by atoms with Gasteiger partial charge in [0.05, 0.1) is 4.88 Å². The summed E-state index contributed by atoms with van der Waals surface area (Å²) in [5.41, 5.74) is 2.47. The quantitative estimate of drug-likeness (QED) is 0.800. The van der Waals surface area contributed by atoms with Crippen molar-refractivity contribution in [1.29, 1.82) is 0 Å². The molecule has 2 nitrogen and oxygen atoms in total. The number of amides is 1. The van der Waals surface area contributed by atoms with Crippen LogP contribution in [0.4, 0.5) is 0 Å². The van der Waals surface area contributed by atoms with Gasteiger partial charge >= 0.3 is 0 Å². The van der Waals surface area contributed by atoms with Crippen LogP contribution in [0.15, 0.2) is 17.7 Å². The summed E-state index contributed by atoms with van der Waals surface area (Å²) < 4.78 is 0. The van der Waals surface area contributed by atoms with E-state index in [1.165, 1.54) is 5.57 Å². The van der Waals surface area contributed by atoms with E-state index in [4.69, 9.17) is 0 Å². The van der Waals surface area contributed by atoms with Crippen LogP contribution in [-0.2, 0) is 0 Å². The van der Waals surface area contributed by atoms with Crippen molar-refractivity contribution in [2.45, 2.75) is 40.5 Å². The average molecular weight is 277 g/mol. The van der Waals surface area contributed by atoms with Gasteiger partial charge in [-0.3, -0.25) is 4.79 Å². The van der Waals surface area contributed by atoms with E-state index < -0.39 is 0 Å². The third-order valence-electron chi connectivity index (χ3n) is 2.82. The Morgan fingerprint density at radius 3 is 2.68 bits per heavy atom. The maximum atomic E-state index is 11.9. The maximum absolute atomic E-state index is 11.9. The Balaban J connectivity index is 3.12. The molecule has 1 aromatic heterocycles. The lowest BCUT2D eigenvalue weighted by Gasteiger charge is -1.96. The van der Waals surface area contributed by atoms with Crippen molar-refractivity contribution in [2.75, 3.05) is 6.54 Å². The van der Waals surface area contributed by atoms with Crippen LogP contribution < -0.4 is 5.32 Å². The fourth-order valence-corrected chi connectivity index (χ4v) is 2.60. The van der Waals surface area contributed by atoms with Crippen LogP contribution in [0.1, 0.15) is 60.6 Å². The highest BCUT2D eigenvalue weighted by Gasteiger charge is 2.11. The number of allylic oxidation sites excluding steroid dienone is 2. The molecule has 0 radical (unpaired) electrons. The minimum absolute atomic E-state index is 0.0208. The highest BCUT2D eigenvalue weighted by molar-refractivity contribution is 7.15. The van der Waals surface area contributed by atoms with E-state index in [9.17, 15) is 4.79 Å². The number of rotatable bonds is 6. The molecule has 0 bridgehead atoms. The summed E-state index contributed by atoms with van der Waals surface area (Å²) in [7, 11) is 0. The van der Waals surface area contributed by atoms with E-state index in [1.807, 2.05) is 13.0 Å². The fraction of sp³-hybridized carbons (Fsp3) is 0.438. The number of carbonyl (C=O) groups excluding carboxylic acids is 1. The molecule has 0 fully saturated rings. The molecule has 0 spiro atoms. The zero-order chi connectivity index (χ0) is 14.3. The first-order chi connectivity index (χ1) is 9.12. The summed E-state index contributed by atoms with van der Waals surface area (Å²) in [6, 6.07) is 1.99. The van der Waals surface area contributed by atoms with Crippen LogP contribution in [0.25, 0.3) is 12.2 Å². The minimum atomic E-state index is 0.0208. The van der Waals surface area contributed by atoms with Crippen molar-refractivity contribution in [3.63, 3.8) is 0 Å². The van der Waals surface area contributed by atoms with Crippen molar-refractivity contribution in [3.8, 4) is 0 Å². The van der Waals surface area contributed by atoms with Crippen LogP contribution >= 0.6 is 11.3 Å². The summed E-state index contributed by atoms with van der Waals surface area (Å²) in [6.45, 7) is 8.98. The molecule has 0 aliphatic carbocycles. The van der Waals surface area contributed by atoms with Crippen LogP contribution in [0.2, 0.25) is 0 Å². The number of hydrogen-bond donors (Lipinski definition) is 1. The van der Waals surface area contributed by atoms with Gasteiger partial charge in [-0.1, -0.05) is 31.6 Å². The Morgan fingerprint density at radius 1 is 1.37 bits per heavy atom. The van der Waals surface area contributed by atoms with Gasteiger partial charge in [0.2, 0.25) is 0 Å². The molecular formula is C16H23NOS. The van der Waals surface area contributed by atoms with Gasteiger partial charge in [0.15, 0.2) is 0 Å². The highest BCUT2D eigenvalue weighted by Crippen LogP contribution is 2.27. The van der Waals surface area contributed by atoms with E-state index in [0.29, 0.717) is 6.54 Å². The number of hydrogen-bond acceptors (Lipinski definition) is 2. The molecule has 0 unspecified atom stereocenters. The molecule has 1 amide bonds. The second kappa shape index (κ2) is 7.95. The molecule has 0 atom stereocenters. The van der Waals surface area contributed by atoms with Gasteiger partial charge in [-0.2, -0.15) is 0 Å². The molecule has 0 aromatic carbocycles. The highest BCUT2D eigenvalue weighted by atomic mass is 32.1. The summed E-state index contributed by atoms with van der Waals surface area (Å²) in [5.74, 6) is 0.0208.